The van der Waals surface area contributed by atoms with Gasteiger partial charge in [0.15, 0.2) is 0 Å². The van der Waals surface area contributed by atoms with Crippen molar-refractivity contribution < 1.29 is 9.84 Å². The number of aliphatic hydroxyl groups is 1. The number of pyridine rings is 1. The molecule has 1 unspecified atom stereocenters. The Morgan fingerprint density at radius 1 is 1.47 bits per heavy atom. The number of aromatic nitrogens is 2. The molecule has 0 aromatic carbocycles. The summed E-state index contributed by atoms with van der Waals surface area (Å²) in [4.78, 5) is 9.04. The van der Waals surface area contributed by atoms with Crippen LogP contribution in [0.15, 0.2) is 24.0 Å². The smallest absolute Gasteiger partial charge is 0.137 e. The first kappa shape index (κ1) is 12.0. The fraction of sp³-hybridized carbons (Fsp3) is 0.333. The Morgan fingerprint density at radius 2 is 2.29 bits per heavy atom. The summed E-state index contributed by atoms with van der Waals surface area (Å²) in [6, 6.07) is 1.81. The molecule has 0 fully saturated rings. The van der Waals surface area contributed by atoms with Crippen LogP contribution in [0, 0.1) is 6.92 Å². The zero-order valence-corrected chi connectivity index (χ0v) is 10.6. The fourth-order valence-electron chi connectivity index (χ4n) is 1.56. The van der Waals surface area contributed by atoms with E-state index in [-0.39, 0.29) is 0 Å². The molecule has 0 bridgehead atoms. The second kappa shape index (κ2) is 5.25. The number of rotatable bonds is 4. The first-order chi connectivity index (χ1) is 8.22. The van der Waals surface area contributed by atoms with Gasteiger partial charge in [0.25, 0.3) is 0 Å². The van der Waals surface area contributed by atoms with Crippen molar-refractivity contribution in [2.45, 2.75) is 20.0 Å². The number of aryl methyl sites for hydroxylation is 1. The third kappa shape index (κ3) is 2.62. The Labute approximate surface area is 104 Å². The van der Waals surface area contributed by atoms with E-state index >= 15 is 0 Å². The summed E-state index contributed by atoms with van der Waals surface area (Å²) in [7, 11) is 0. The lowest BCUT2D eigenvalue weighted by Crippen LogP contribution is -2.01. The van der Waals surface area contributed by atoms with E-state index in [1.165, 1.54) is 11.3 Å². The van der Waals surface area contributed by atoms with Crippen molar-refractivity contribution in [2.75, 3.05) is 6.61 Å². The Kier molecular flexibility index (Phi) is 3.71. The number of hydrogen-bond donors (Lipinski definition) is 1. The molecule has 90 valence electrons. The molecule has 17 heavy (non-hydrogen) atoms. The first-order valence-corrected chi connectivity index (χ1v) is 6.26. The SMILES string of the molecule is CCOc1cncc(C(O)c2scnc2C)c1. The number of hydrogen-bond acceptors (Lipinski definition) is 5. The number of ether oxygens (including phenoxy) is 1. The molecule has 0 saturated heterocycles. The molecular formula is C12H14N2O2S. The Morgan fingerprint density at radius 3 is 2.94 bits per heavy atom. The quantitative estimate of drug-likeness (QED) is 0.904. The lowest BCUT2D eigenvalue weighted by molar-refractivity contribution is 0.221. The summed E-state index contributed by atoms with van der Waals surface area (Å²) < 4.78 is 5.36. The molecule has 0 spiro atoms. The van der Waals surface area contributed by atoms with Gasteiger partial charge in [0.2, 0.25) is 0 Å². The molecule has 0 amide bonds. The first-order valence-electron chi connectivity index (χ1n) is 5.38. The van der Waals surface area contributed by atoms with Gasteiger partial charge in [0.05, 0.1) is 28.9 Å². The second-order valence-corrected chi connectivity index (χ2v) is 4.48. The van der Waals surface area contributed by atoms with E-state index in [1.54, 1.807) is 24.0 Å². The summed E-state index contributed by atoms with van der Waals surface area (Å²) in [6.07, 6.45) is 2.60. The van der Waals surface area contributed by atoms with E-state index in [2.05, 4.69) is 9.97 Å². The number of nitrogens with zero attached hydrogens (tertiary/aromatic N) is 2. The number of thiazole rings is 1. The van der Waals surface area contributed by atoms with Crippen LogP contribution in [0.4, 0.5) is 0 Å². The van der Waals surface area contributed by atoms with Crippen LogP contribution in [0.1, 0.15) is 29.2 Å². The summed E-state index contributed by atoms with van der Waals surface area (Å²) in [6.45, 7) is 4.38. The van der Waals surface area contributed by atoms with Crippen LogP contribution >= 0.6 is 11.3 Å². The highest BCUT2D eigenvalue weighted by Crippen LogP contribution is 2.28. The molecule has 5 heteroatoms. The van der Waals surface area contributed by atoms with Crippen LogP contribution < -0.4 is 4.74 Å². The van der Waals surface area contributed by atoms with Crippen molar-refractivity contribution in [3.05, 3.63) is 40.1 Å². The molecule has 1 N–H and O–H groups in total. The highest BCUT2D eigenvalue weighted by molar-refractivity contribution is 7.09. The summed E-state index contributed by atoms with van der Waals surface area (Å²) in [5.41, 5.74) is 3.31. The van der Waals surface area contributed by atoms with Crippen LogP contribution in [-0.2, 0) is 0 Å². The molecule has 0 aliphatic rings. The molecule has 2 aromatic heterocycles. The Hall–Kier alpha value is -1.46. The second-order valence-electron chi connectivity index (χ2n) is 3.59. The molecule has 2 heterocycles. The van der Waals surface area contributed by atoms with Crippen LogP contribution in [-0.4, -0.2) is 21.7 Å². The van der Waals surface area contributed by atoms with Crippen molar-refractivity contribution in [3.63, 3.8) is 0 Å². The molecule has 1 atom stereocenters. The lowest BCUT2D eigenvalue weighted by atomic mass is 10.1. The highest BCUT2D eigenvalue weighted by Gasteiger charge is 2.16. The minimum absolute atomic E-state index is 0.584. The van der Waals surface area contributed by atoms with Gasteiger partial charge >= 0.3 is 0 Å². The van der Waals surface area contributed by atoms with Crippen LogP contribution in [0.3, 0.4) is 0 Å². The molecule has 0 radical (unpaired) electrons. The van der Waals surface area contributed by atoms with Crippen molar-refractivity contribution >= 4 is 11.3 Å². The topological polar surface area (TPSA) is 55.2 Å². The van der Waals surface area contributed by atoms with Crippen molar-refractivity contribution in [3.8, 4) is 5.75 Å². The van der Waals surface area contributed by atoms with Gasteiger partial charge in [0, 0.05) is 11.8 Å². The summed E-state index contributed by atoms with van der Waals surface area (Å²) in [5, 5.41) is 10.2. The summed E-state index contributed by atoms with van der Waals surface area (Å²) in [5.74, 6) is 0.672. The van der Waals surface area contributed by atoms with Crippen molar-refractivity contribution in [1.82, 2.24) is 9.97 Å². The third-order valence-corrected chi connectivity index (χ3v) is 3.38. The van der Waals surface area contributed by atoms with Crippen LogP contribution in [0.5, 0.6) is 5.75 Å². The predicted molar refractivity (Wildman–Crippen MR) is 66.3 cm³/mol. The molecule has 0 aliphatic carbocycles. The maximum absolute atomic E-state index is 10.2. The van der Waals surface area contributed by atoms with Crippen molar-refractivity contribution in [1.29, 1.82) is 0 Å². The average molecular weight is 250 g/mol. The maximum atomic E-state index is 10.2. The molecule has 0 aliphatic heterocycles. The standard InChI is InChI=1S/C12H14N2O2S/c1-3-16-10-4-9(5-13-6-10)11(15)12-8(2)14-7-17-12/h4-7,11,15H,3H2,1-2H3. The van der Waals surface area contributed by atoms with E-state index in [4.69, 9.17) is 4.74 Å². The molecular weight excluding hydrogens is 236 g/mol. The number of aliphatic hydroxyl groups excluding tert-OH is 1. The summed E-state index contributed by atoms with van der Waals surface area (Å²) >= 11 is 1.44. The van der Waals surface area contributed by atoms with E-state index in [0.29, 0.717) is 12.4 Å². The van der Waals surface area contributed by atoms with Crippen molar-refractivity contribution in [2.24, 2.45) is 0 Å². The van der Waals surface area contributed by atoms with E-state index < -0.39 is 6.10 Å². The van der Waals surface area contributed by atoms with E-state index in [9.17, 15) is 5.11 Å². The van der Waals surface area contributed by atoms with Gasteiger partial charge in [-0.3, -0.25) is 4.98 Å². The highest BCUT2D eigenvalue weighted by atomic mass is 32.1. The predicted octanol–water partition coefficient (Wildman–Crippen LogP) is 2.33. The zero-order valence-electron chi connectivity index (χ0n) is 9.75. The van der Waals surface area contributed by atoms with Gasteiger partial charge in [-0.25, -0.2) is 4.98 Å². The van der Waals surface area contributed by atoms with Gasteiger partial charge in [-0.1, -0.05) is 0 Å². The average Bonchev–Trinajstić information content (AvgIpc) is 2.75. The lowest BCUT2D eigenvalue weighted by Gasteiger charge is -2.11. The van der Waals surface area contributed by atoms with Gasteiger partial charge in [-0.15, -0.1) is 11.3 Å². The monoisotopic (exact) mass is 250 g/mol. The molecule has 0 saturated carbocycles. The maximum Gasteiger partial charge on any atom is 0.137 e. The van der Waals surface area contributed by atoms with Gasteiger partial charge < -0.3 is 9.84 Å². The van der Waals surface area contributed by atoms with Gasteiger partial charge in [-0.05, 0) is 19.9 Å². The third-order valence-electron chi connectivity index (χ3n) is 2.39. The molecule has 2 rings (SSSR count). The fourth-order valence-corrected chi connectivity index (χ4v) is 2.37. The normalized spacial score (nSPS) is 12.4. The Balaban J connectivity index is 2.28. The molecule has 2 aromatic rings. The molecule has 4 nitrogen and oxygen atoms in total. The minimum Gasteiger partial charge on any atom is -0.492 e. The van der Waals surface area contributed by atoms with Gasteiger partial charge in [-0.2, -0.15) is 0 Å². The minimum atomic E-state index is -0.685. The van der Waals surface area contributed by atoms with E-state index in [1.807, 2.05) is 13.8 Å². The zero-order chi connectivity index (χ0) is 12.3. The van der Waals surface area contributed by atoms with E-state index in [0.717, 1.165) is 16.1 Å². The van der Waals surface area contributed by atoms with Crippen LogP contribution in [0.2, 0.25) is 0 Å². The van der Waals surface area contributed by atoms with Gasteiger partial charge in [0.1, 0.15) is 11.9 Å². The Bertz CT molecular complexity index is 499. The largest absolute Gasteiger partial charge is 0.492 e. The van der Waals surface area contributed by atoms with Crippen LogP contribution in [0.25, 0.3) is 0 Å².